The fourth-order valence-electron chi connectivity index (χ4n) is 3.14. The maximum atomic E-state index is 12.5. The molecule has 3 aromatic carbocycles. The molecule has 0 unspecified atom stereocenters. The molecule has 0 aliphatic rings. The number of hydrogen-bond acceptors (Lipinski definition) is 3. The summed E-state index contributed by atoms with van der Waals surface area (Å²) in [6.45, 7) is 0. The number of thiocarbonyl (C=S) groups is 1. The fraction of sp³-hybridized carbons (Fsp3) is 0.160. The molecule has 0 fully saturated rings. The van der Waals surface area contributed by atoms with Gasteiger partial charge in [0, 0.05) is 23.4 Å². The Bertz CT molecular complexity index is 1160. The zero-order valence-corrected chi connectivity index (χ0v) is 20.6. The molecular weight excluding hydrogens is 491 g/mol. The number of amides is 2. The van der Waals surface area contributed by atoms with Crippen LogP contribution in [0.15, 0.2) is 72.8 Å². The first-order valence-electron chi connectivity index (χ1n) is 10.7. The van der Waals surface area contributed by atoms with Crippen LogP contribution in [0.5, 0.6) is 0 Å². The molecule has 0 spiro atoms. The van der Waals surface area contributed by atoms with Gasteiger partial charge in [-0.2, -0.15) is 0 Å². The molecule has 0 atom stereocenters. The molecule has 176 valence electrons. The summed E-state index contributed by atoms with van der Waals surface area (Å²) in [6.07, 6.45) is 3.08. The van der Waals surface area contributed by atoms with Crippen LogP contribution >= 0.6 is 35.4 Å². The lowest BCUT2D eigenvalue weighted by atomic mass is 10.1. The van der Waals surface area contributed by atoms with E-state index in [2.05, 4.69) is 33.6 Å². The second kappa shape index (κ2) is 12.9. The first-order valence-corrected chi connectivity index (χ1v) is 11.8. The van der Waals surface area contributed by atoms with E-state index in [1.54, 1.807) is 42.5 Å². The normalized spacial score (nSPS) is 10.3. The van der Waals surface area contributed by atoms with Gasteiger partial charge >= 0.3 is 0 Å². The number of hydrazine groups is 1. The maximum Gasteiger partial charge on any atom is 0.269 e. The SMILES string of the molecule is O=C(CCCCc1ccccc1)Nc1cccc(C(=O)NNC(=S)Nc2ccc(Cl)c(Cl)c2)c1. The zero-order valence-electron chi connectivity index (χ0n) is 18.2. The van der Waals surface area contributed by atoms with Gasteiger partial charge in [-0.3, -0.25) is 20.4 Å². The van der Waals surface area contributed by atoms with Gasteiger partial charge in [0.15, 0.2) is 5.11 Å². The lowest BCUT2D eigenvalue weighted by Gasteiger charge is -2.13. The van der Waals surface area contributed by atoms with E-state index < -0.39 is 5.91 Å². The monoisotopic (exact) mass is 514 g/mol. The molecule has 3 rings (SSSR count). The number of carbonyl (C=O) groups excluding carboxylic acids is 2. The van der Waals surface area contributed by atoms with E-state index in [0.29, 0.717) is 33.4 Å². The molecule has 0 saturated heterocycles. The number of halogens is 2. The van der Waals surface area contributed by atoms with Gasteiger partial charge < -0.3 is 10.6 Å². The predicted molar refractivity (Wildman–Crippen MR) is 142 cm³/mol. The van der Waals surface area contributed by atoms with Crippen molar-refractivity contribution in [3.05, 3.63) is 94.0 Å². The first kappa shape index (κ1) is 25.5. The van der Waals surface area contributed by atoms with Gasteiger partial charge in [-0.05, 0) is 73.4 Å². The molecule has 6 nitrogen and oxygen atoms in total. The second-order valence-corrected chi connectivity index (χ2v) is 8.71. The minimum absolute atomic E-state index is 0.0873. The molecule has 2 amide bonds. The Morgan fingerprint density at radius 3 is 2.29 bits per heavy atom. The van der Waals surface area contributed by atoms with E-state index in [4.69, 9.17) is 35.4 Å². The van der Waals surface area contributed by atoms with Crippen LogP contribution in [0.1, 0.15) is 35.2 Å². The molecule has 0 radical (unpaired) electrons. The third kappa shape index (κ3) is 8.33. The molecule has 34 heavy (non-hydrogen) atoms. The van der Waals surface area contributed by atoms with Crippen molar-refractivity contribution in [2.45, 2.75) is 25.7 Å². The van der Waals surface area contributed by atoms with E-state index >= 15 is 0 Å². The number of benzene rings is 3. The molecule has 0 aliphatic heterocycles. The summed E-state index contributed by atoms with van der Waals surface area (Å²) in [5.74, 6) is -0.493. The van der Waals surface area contributed by atoms with Crippen LogP contribution in [0, 0.1) is 0 Å². The van der Waals surface area contributed by atoms with E-state index in [9.17, 15) is 9.59 Å². The zero-order chi connectivity index (χ0) is 24.3. The van der Waals surface area contributed by atoms with Crippen LogP contribution in [0.2, 0.25) is 10.0 Å². The quantitative estimate of drug-likeness (QED) is 0.169. The van der Waals surface area contributed by atoms with Crippen LogP contribution < -0.4 is 21.5 Å². The van der Waals surface area contributed by atoms with Crippen LogP contribution in [0.25, 0.3) is 0 Å². The fourth-order valence-corrected chi connectivity index (χ4v) is 3.61. The molecule has 3 aromatic rings. The van der Waals surface area contributed by atoms with Crippen molar-refractivity contribution in [2.24, 2.45) is 0 Å². The van der Waals surface area contributed by atoms with Crippen LogP contribution in [0.3, 0.4) is 0 Å². The highest BCUT2D eigenvalue weighted by Crippen LogP contribution is 2.24. The minimum Gasteiger partial charge on any atom is -0.331 e. The van der Waals surface area contributed by atoms with Crippen molar-refractivity contribution < 1.29 is 9.59 Å². The summed E-state index contributed by atoms with van der Waals surface area (Å²) in [5, 5.41) is 6.72. The highest BCUT2D eigenvalue weighted by Gasteiger charge is 2.09. The Kier molecular flexibility index (Phi) is 9.70. The maximum absolute atomic E-state index is 12.5. The molecule has 9 heteroatoms. The largest absolute Gasteiger partial charge is 0.331 e. The molecule has 0 aromatic heterocycles. The van der Waals surface area contributed by atoms with Crippen LogP contribution in [-0.2, 0) is 11.2 Å². The van der Waals surface area contributed by atoms with Crippen molar-refractivity contribution in [3.8, 4) is 0 Å². The van der Waals surface area contributed by atoms with Gasteiger partial charge in [-0.1, -0.05) is 59.6 Å². The standard InChI is InChI=1S/C25H24Cl2N4O2S/c26-21-14-13-20(16-22(21)27)29-25(34)31-30-24(33)18-10-6-11-19(15-18)28-23(32)12-5-4-9-17-7-2-1-3-8-17/h1-3,6-8,10-11,13-16H,4-5,9,12H2,(H,28,32)(H,30,33)(H2,29,31,34). The highest BCUT2D eigenvalue weighted by molar-refractivity contribution is 7.80. The van der Waals surface area contributed by atoms with Gasteiger partial charge in [0.25, 0.3) is 5.91 Å². The van der Waals surface area contributed by atoms with Crippen molar-refractivity contribution >= 4 is 63.7 Å². The summed E-state index contributed by atoms with van der Waals surface area (Å²) in [7, 11) is 0. The van der Waals surface area contributed by atoms with E-state index in [1.165, 1.54) is 5.56 Å². The lowest BCUT2D eigenvalue weighted by Crippen LogP contribution is -2.43. The summed E-state index contributed by atoms with van der Waals surface area (Å²) in [6, 6.07) is 21.8. The molecule has 4 N–H and O–H groups in total. The van der Waals surface area contributed by atoms with Gasteiger partial charge in [0.2, 0.25) is 5.91 Å². The number of hydrogen-bond donors (Lipinski definition) is 4. The Hall–Kier alpha value is -3.13. The number of rotatable bonds is 8. The Morgan fingerprint density at radius 2 is 1.53 bits per heavy atom. The number of aryl methyl sites for hydroxylation is 1. The average molecular weight is 515 g/mol. The van der Waals surface area contributed by atoms with Gasteiger partial charge in [0.05, 0.1) is 10.0 Å². The molecule has 0 aliphatic carbocycles. The Morgan fingerprint density at radius 1 is 0.765 bits per heavy atom. The molecule has 0 heterocycles. The third-order valence-corrected chi connectivity index (χ3v) is 5.78. The Balaban J connectivity index is 1.42. The summed E-state index contributed by atoms with van der Waals surface area (Å²) >= 11 is 17.1. The highest BCUT2D eigenvalue weighted by atomic mass is 35.5. The molecular formula is C25H24Cl2N4O2S. The number of unbranched alkanes of at least 4 members (excludes halogenated alkanes) is 1. The summed E-state index contributed by atoms with van der Waals surface area (Å²) in [4.78, 5) is 24.7. The van der Waals surface area contributed by atoms with E-state index in [0.717, 1.165) is 19.3 Å². The summed E-state index contributed by atoms with van der Waals surface area (Å²) < 4.78 is 0. The second-order valence-electron chi connectivity index (χ2n) is 7.48. The van der Waals surface area contributed by atoms with Crippen LogP contribution in [-0.4, -0.2) is 16.9 Å². The van der Waals surface area contributed by atoms with Gasteiger partial charge in [-0.15, -0.1) is 0 Å². The summed E-state index contributed by atoms with van der Waals surface area (Å²) in [5.41, 5.74) is 7.95. The van der Waals surface area contributed by atoms with E-state index in [-0.39, 0.29) is 11.0 Å². The van der Waals surface area contributed by atoms with Gasteiger partial charge in [0.1, 0.15) is 0 Å². The first-order chi connectivity index (χ1) is 16.4. The molecule has 0 saturated carbocycles. The van der Waals surface area contributed by atoms with Crippen molar-refractivity contribution in [3.63, 3.8) is 0 Å². The average Bonchev–Trinajstić information content (AvgIpc) is 2.83. The number of nitrogens with one attached hydrogen (secondary N) is 4. The smallest absolute Gasteiger partial charge is 0.269 e. The Labute approximate surface area is 214 Å². The number of anilines is 2. The van der Waals surface area contributed by atoms with Crippen molar-refractivity contribution in [1.82, 2.24) is 10.9 Å². The van der Waals surface area contributed by atoms with Crippen molar-refractivity contribution in [1.29, 1.82) is 0 Å². The molecule has 0 bridgehead atoms. The van der Waals surface area contributed by atoms with Crippen molar-refractivity contribution in [2.75, 3.05) is 10.6 Å². The number of carbonyl (C=O) groups is 2. The third-order valence-electron chi connectivity index (χ3n) is 4.84. The van der Waals surface area contributed by atoms with Gasteiger partial charge in [-0.25, -0.2) is 0 Å². The van der Waals surface area contributed by atoms with Crippen LogP contribution in [0.4, 0.5) is 11.4 Å². The minimum atomic E-state index is -0.405. The topological polar surface area (TPSA) is 82.3 Å². The van der Waals surface area contributed by atoms with E-state index in [1.807, 2.05) is 18.2 Å². The predicted octanol–water partition coefficient (Wildman–Crippen LogP) is 5.98. The lowest BCUT2D eigenvalue weighted by molar-refractivity contribution is -0.116.